The Morgan fingerprint density at radius 2 is 1.85 bits per heavy atom. The molecule has 3 rings (SSSR count). The van der Waals surface area contributed by atoms with Crippen LogP contribution in [0.5, 0.6) is 0 Å². The fourth-order valence-corrected chi connectivity index (χ4v) is 3.34. The molecule has 0 amide bonds. The summed E-state index contributed by atoms with van der Waals surface area (Å²) in [5.74, 6) is -0.355. The number of nitrogens with zero attached hydrogens (tertiary/aromatic N) is 3. The summed E-state index contributed by atoms with van der Waals surface area (Å²) in [6, 6.07) is 14.3. The van der Waals surface area contributed by atoms with E-state index in [0.717, 1.165) is 18.8 Å². The fraction of sp³-hybridized carbons (Fsp3) is 0.316. The summed E-state index contributed by atoms with van der Waals surface area (Å²) >= 11 is 0. The fourth-order valence-electron chi connectivity index (χ4n) is 3.34. The van der Waals surface area contributed by atoms with E-state index in [1.54, 1.807) is 30.3 Å². The van der Waals surface area contributed by atoms with E-state index in [4.69, 9.17) is 4.74 Å². The van der Waals surface area contributed by atoms with E-state index in [2.05, 4.69) is 16.7 Å². The largest absolute Gasteiger partial charge is 0.465 e. The van der Waals surface area contributed by atoms with Gasteiger partial charge in [0, 0.05) is 37.4 Å². The first-order chi connectivity index (χ1) is 12.5. The van der Waals surface area contributed by atoms with E-state index >= 15 is 0 Å². The summed E-state index contributed by atoms with van der Waals surface area (Å²) in [7, 11) is 1.36. The number of benzene rings is 2. The molecule has 0 saturated carbocycles. The number of piperazine rings is 1. The predicted molar refractivity (Wildman–Crippen MR) is 99.9 cm³/mol. The monoisotopic (exact) mass is 355 g/mol. The molecule has 0 bridgehead atoms. The summed E-state index contributed by atoms with van der Waals surface area (Å²) in [6.07, 6.45) is 0. The van der Waals surface area contributed by atoms with Gasteiger partial charge in [-0.2, -0.15) is 0 Å². The highest BCUT2D eigenvalue weighted by Gasteiger charge is 2.28. The van der Waals surface area contributed by atoms with Crippen LogP contribution in [0.2, 0.25) is 0 Å². The molecule has 1 saturated heterocycles. The van der Waals surface area contributed by atoms with Crippen LogP contribution in [0, 0.1) is 10.1 Å². The van der Waals surface area contributed by atoms with Crippen molar-refractivity contribution in [1.82, 2.24) is 0 Å². The van der Waals surface area contributed by atoms with Crippen molar-refractivity contribution in [3.8, 4) is 0 Å². The van der Waals surface area contributed by atoms with Crippen molar-refractivity contribution in [2.75, 3.05) is 36.5 Å². The first-order valence-electron chi connectivity index (χ1n) is 8.44. The zero-order valence-corrected chi connectivity index (χ0v) is 14.8. The second-order valence-corrected chi connectivity index (χ2v) is 6.27. The van der Waals surface area contributed by atoms with Gasteiger partial charge in [0.1, 0.15) is 5.69 Å². The average molecular weight is 355 g/mol. The van der Waals surface area contributed by atoms with Gasteiger partial charge in [-0.15, -0.1) is 0 Å². The van der Waals surface area contributed by atoms with Crippen LogP contribution in [0.1, 0.15) is 17.3 Å². The summed E-state index contributed by atoms with van der Waals surface area (Å²) in [5, 5.41) is 11.3. The van der Waals surface area contributed by atoms with E-state index in [0.29, 0.717) is 17.8 Å². The van der Waals surface area contributed by atoms with Crippen LogP contribution in [-0.2, 0) is 4.74 Å². The second kappa shape index (κ2) is 7.43. The maximum atomic E-state index is 11.5. The number of carbonyl (C=O) groups excluding carboxylic acids is 1. The quantitative estimate of drug-likeness (QED) is 0.477. The lowest BCUT2D eigenvalue weighted by Gasteiger charge is -2.42. The van der Waals surface area contributed by atoms with Crippen LogP contribution >= 0.6 is 0 Å². The number of hydrogen-bond donors (Lipinski definition) is 0. The maximum absolute atomic E-state index is 11.5. The number of esters is 1. The zero-order valence-electron chi connectivity index (χ0n) is 14.8. The highest BCUT2D eigenvalue weighted by Crippen LogP contribution is 2.31. The summed E-state index contributed by atoms with van der Waals surface area (Å²) in [5.41, 5.74) is 2.33. The molecular formula is C19H21N3O4. The third kappa shape index (κ3) is 3.46. The maximum Gasteiger partial charge on any atom is 0.337 e. The topological polar surface area (TPSA) is 75.9 Å². The highest BCUT2D eigenvalue weighted by molar-refractivity contribution is 5.89. The number of anilines is 2. The van der Waals surface area contributed by atoms with Gasteiger partial charge in [0.2, 0.25) is 0 Å². The number of para-hydroxylation sites is 2. The molecule has 0 spiro atoms. The molecule has 0 radical (unpaired) electrons. The molecule has 136 valence electrons. The molecule has 0 aliphatic carbocycles. The van der Waals surface area contributed by atoms with Crippen molar-refractivity contribution < 1.29 is 14.5 Å². The summed E-state index contributed by atoms with van der Waals surface area (Å²) in [4.78, 5) is 26.8. The molecule has 1 aliphatic heterocycles. The van der Waals surface area contributed by atoms with Gasteiger partial charge in [0.25, 0.3) is 5.69 Å². The molecule has 0 aromatic heterocycles. The Morgan fingerprint density at radius 1 is 1.15 bits per heavy atom. The molecule has 26 heavy (non-hydrogen) atoms. The zero-order chi connectivity index (χ0) is 18.7. The molecule has 2 aromatic rings. The lowest BCUT2D eigenvalue weighted by atomic mass is 10.1. The van der Waals surface area contributed by atoms with E-state index in [-0.39, 0.29) is 22.6 Å². The van der Waals surface area contributed by atoms with Crippen molar-refractivity contribution in [3.63, 3.8) is 0 Å². The van der Waals surface area contributed by atoms with Crippen molar-refractivity contribution in [3.05, 3.63) is 64.2 Å². The summed E-state index contributed by atoms with van der Waals surface area (Å²) < 4.78 is 4.72. The Morgan fingerprint density at radius 3 is 2.46 bits per heavy atom. The van der Waals surface area contributed by atoms with Gasteiger partial charge < -0.3 is 14.5 Å². The van der Waals surface area contributed by atoms with Crippen molar-refractivity contribution in [2.45, 2.75) is 13.0 Å². The molecule has 7 heteroatoms. The van der Waals surface area contributed by atoms with E-state index in [1.807, 2.05) is 18.2 Å². The lowest BCUT2D eigenvalue weighted by molar-refractivity contribution is -0.384. The van der Waals surface area contributed by atoms with Crippen LogP contribution < -0.4 is 9.80 Å². The Kier molecular flexibility index (Phi) is 5.06. The van der Waals surface area contributed by atoms with Gasteiger partial charge in [-0.3, -0.25) is 10.1 Å². The number of ether oxygens (including phenoxy) is 1. The Hall–Kier alpha value is -3.09. The number of methoxy groups -OCH3 is 1. The third-order valence-corrected chi connectivity index (χ3v) is 4.67. The minimum atomic E-state index is -0.355. The van der Waals surface area contributed by atoms with Crippen molar-refractivity contribution in [1.29, 1.82) is 0 Å². The van der Waals surface area contributed by atoms with Crippen LogP contribution in [0.25, 0.3) is 0 Å². The molecule has 7 nitrogen and oxygen atoms in total. The van der Waals surface area contributed by atoms with E-state index < -0.39 is 0 Å². The van der Waals surface area contributed by atoms with Gasteiger partial charge >= 0.3 is 5.97 Å². The SMILES string of the molecule is COC(=O)c1ccc(N2CCN(c3ccccc3[N+](=O)[O-])C(C)C2)cc1. The van der Waals surface area contributed by atoms with Gasteiger partial charge in [0.15, 0.2) is 0 Å². The highest BCUT2D eigenvalue weighted by atomic mass is 16.6. The minimum absolute atomic E-state index is 0.116. The molecule has 0 N–H and O–H groups in total. The van der Waals surface area contributed by atoms with Gasteiger partial charge in [-0.1, -0.05) is 12.1 Å². The number of nitro benzene ring substituents is 1. The first kappa shape index (κ1) is 17.7. The number of hydrogen-bond acceptors (Lipinski definition) is 6. The molecule has 2 aromatic carbocycles. The third-order valence-electron chi connectivity index (χ3n) is 4.67. The summed E-state index contributed by atoms with van der Waals surface area (Å²) in [6.45, 7) is 4.23. The van der Waals surface area contributed by atoms with E-state index in [9.17, 15) is 14.9 Å². The molecule has 1 heterocycles. The number of nitro groups is 1. The predicted octanol–water partition coefficient (Wildman–Crippen LogP) is 3.10. The first-order valence-corrected chi connectivity index (χ1v) is 8.44. The van der Waals surface area contributed by atoms with Crippen LogP contribution in [0.15, 0.2) is 48.5 Å². The van der Waals surface area contributed by atoms with Gasteiger partial charge in [-0.05, 0) is 37.3 Å². The standard InChI is InChI=1S/C19H21N3O4/c1-14-13-20(16-9-7-15(8-10-16)19(23)26-2)11-12-21(14)17-5-3-4-6-18(17)22(24)25/h3-10,14H,11-13H2,1-2H3. The second-order valence-electron chi connectivity index (χ2n) is 6.27. The number of carbonyl (C=O) groups is 1. The van der Waals surface area contributed by atoms with Gasteiger partial charge in [0.05, 0.1) is 17.6 Å². The van der Waals surface area contributed by atoms with E-state index in [1.165, 1.54) is 7.11 Å². The Labute approximate surface area is 151 Å². The average Bonchev–Trinajstić information content (AvgIpc) is 2.67. The normalized spacial score (nSPS) is 17.1. The molecule has 1 aliphatic rings. The molecule has 1 atom stereocenters. The molecular weight excluding hydrogens is 334 g/mol. The smallest absolute Gasteiger partial charge is 0.337 e. The number of rotatable bonds is 4. The van der Waals surface area contributed by atoms with Gasteiger partial charge in [-0.25, -0.2) is 4.79 Å². The molecule has 1 fully saturated rings. The Balaban J connectivity index is 1.75. The van der Waals surface area contributed by atoms with Crippen molar-refractivity contribution in [2.24, 2.45) is 0 Å². The lowest BCUT2D eigenvalue weighted by Crippen LogP contribution is -2.52. The Bertz CT molecular complexity index is 807. The van der Waals surface area contributed by atoms with Crippen LogP contribution in [0.4, 0.5) is 17.1 Å². The van der Waals surface area contributed by atoms with Crippen LogP contribution in [-0.4, -0.2) is 43.7 Å². The van der Waals surface area contributed by atoms with Crippen LogP contribution in [0.3, 0.4) is 0 Å². The minimum Gasteiger partial charge on any atom is -0.465 e. The molecule has 1 unspecified atom stereocenters. The van der Waals surface area contributed by atoms with Crippen molar-refractivity contribution >= 4 is 23.0 Å².